The van der Waals surface area contributed by atoms with Crippen molar-refractivity contribution in [3.63, 3.8) is 0 Å². The second-order valence-electron chi connectivity index (χ2n) is 5.22. The topological polar surface area (TPSA) is 65.4 Å². The summed E-state index contributed by atoms with van der Waals surface area (Å²) in [5, 5.41) is 11.9. The number of ether oxygens (including phenoxy) is 1. The standard InChI is InChI=1S/C16H21N3O2S/c1-13(6-7-17)22-15-5-3-2-4-14(15)18-16(20)12-19-8-10-21-11-9-19/h2-5,13H,6,8-12H2,1H3,(H,18,20). The molecule has 6 heteroatoms. The van der Waals surface area contributed by atoms with Gasteiger partial charge in [-0.05, 0) is 12.1 Å². The Labute approximate surface area is 135 Å². The number of hydrogen-bond donors (Lipinski definition) is 1. The summed E-state index contributed by atoms with van der Waals surface area (Å²) in [4.78, 5) is 15.3. The minimum absolute atomic E-state index is 0.0112. The molecule has 1 aromatic rings. The number of nitrogens with zero attached hydrogens (tertiary/aromatic N) is 2. The number of nitriles is 1. The van der Waals surface area contributed by atoms with Crippen LogP contribution < -0.4 is 5.32 Å². The largest absolute Gasteiger partial charge is 0.379 e. The SMILES string of the molecule is CC(CC#N)Sc1ccccc1NC(=O)CN1CCOCC1. The quantitative estimate of drug-likeness (QED) is 0.815. The van der Waals surface area contributed by atoms with Gasteiger partial charge in [0.15, 0.2) is 0 Å². The van der Waals surface area contributed by atoms with Crippen molar-refractivity contribution < 1.29 is 9.53 Å². The second-order valence-corrected chi connectivity index (χ2v) is 6.70. The molecule has 22 heavy (non-hydrogen) atoms. The van der Waals surface area contributed by atoms with Crippen LogP contribution in [-0.2, 0) is 9.53 Å². The van der Waals surface area contributed by atoms with E-state index in [2.05, 4.69) is 16.3 Å². The number of nitrogens with one attached hydrogen (secondary N) is 1. The second kappa shape index (κ2) is 8.79. The number of carbonyl (C=O) groups excluding carboxylic acids is 1. The minimum Gasteiger partial charge on any atom is -0.379 e. The Morgan fingerprint density at radius 1 is 1.45 bits per heavy atom. The molecule has 1 N–H and O–H groups in total. The summed E-state index contributed by atoms with van der Waals surface area (Å²) in [6.45, 7) is 5.36. The van der Waals surface area contributed by atoms with Crippen LogP contribution in [0, 0.1) is 11.3 Å². The number of benzene rings is 1. The maximum absolute atomic E-state index is 12.2. The highest BCUT2D eigenvalue weighted by Gasteiger charge is 2.15. The third-order valence-electron chi connectivity index (χ3n) is 3.34. The van der Waals surface area contributed by atoms with Crippen LogP contribution in [0.5, 0.6) is 0 Å². The molecule has 0 aromatic heterocycles. The van der Waals surface area contributed by atoms with Gasteiger partial charge >= 0.3 is 0 Å². The van der Waals surface area contributed by atoms with Crippen molar-refractivity contribution in [3.05, 3.63) is 24.3 Å². The summed E-state index contributed by atoms with van der Waals surface area (Å²) in [5.74, 6) is -0.0112. The molecule has 0 saturated carbocycles. The number of carbonyl (C=O) groups is 1. The fourth-order valence-electron chi connectivity index (χ4n) is 2.21. The third-order valence-corrected chi connectivity index (χ3v) is 4.52. The van der Waals surface area contributed by atoms with E-state index in [0.29, 0.717) is 26.2 Å². The highest BCUT2D eigenvalue weighted by molar-refractivity contribution is 8.00. The molecule has 1 aliphatic rings. The number of amides is 1. The van der Waals surface area contributed by atoms with Crippen molar-refractivity contribution in [2.24, 2.45) is 0 Å². The van der Waals surface area contributed by atoms with Crippen molar-refractivity contribution in [2.45, 2.75) is 23.5 Å². The number of morpholine rings is 1. The molecular weight excluding hydrogens is 298 g/mol. The van der Waals surface area contributed by atoms with E-state index in [4.69, 9.17) is 10.00 Å². The Morgan fingerprint density at radius 2 is 2.18 bits per heavy atom. The lowest BCUT2D eigenvalue weighted by molar-refractivity contribution is -0.118. The first-order chi connectivity index (χ1) is 10.7. The molecule has 5 nitrogen and oxygen atoms in total. The number of para-hydroxylation sites is 1. The molecule has 0 spiro atoms. The van der Waals surface area contributed by atoms with Gasteiger partial charge in [-0.15, -0.1) is 11.8 Å². The maximum atomic E-state index is 12.2. The molecule has 1 heterocycles. The highest BCUT2D eigenvalue weighted by atomic mass is 32.2. The molecule has 2 rings (SSSR count). The third kappa shape index (κ3) is 5.34. The van der Waals surface area contributed by atoms with Gasteiger partial charge in [-0.3, -0.25) is 9.69 Å². The zero-order valence-corrected chi connectivity index (χ0v) is 13.6. The summed E-state index contributed by atoms with van der Waals surface area (Å²) in [5.41, 5.74) is 0.815. The maximum Gasteiger partial charge on any atom is 0.238 e. The fourth-order valence-corrected chi connectivity index (χ4v) is 3.21. The van der Waals surface area contributed by atoms with Gasteiger partial charge in [-0.25, -0.2) is 0 Å². The van der Waals surface area contributed by atoms with Gasteiger partial charge in [-0.2, -0.15) is 5.26 Å². The van der Waals surface area contributed by atoms with Crippen LogP contribution in [0.15, 0.2) is 29.2 Å². The molecule has 118 valence electrons. The summed E-state index contributed by atoms with van der Waals surface area (Å²) in [6, 6.07) is 9.90. The zero-order valence-electron chi connectivity index (χ0n) is 12.7. The van der Waals surface area contributed by atoms with Crippen LogP contribution in [0.4, 0.5) is 5.69 Å². The lowest BCUT2D eigenvalue weighted by atomic mass is 10.3. The smallest absolute Gasteiger partial charge is 0.238 e. The molecule has 1 amide bonds. The van der Waals surface area contributed by atoms with E-state index in [0.717, 1.165) is 23.7 Å². The first-order valence-corrected chi connectivity index (χ1v) is 8.29. The molecule has 1 aliphatic heterocycles. The van der Waals surface area contributed by atoms with Gasteiger partial charge in [0.25, 0.3) is 0 Å². The molecular formula is C16H21N3O2S. The van der Waals surface area contributed by atoms with Crippen LogP contribution in [-0.4, -0.2) is 48.9 Å². The van der Waals surface area contributed by atoms with Crippen LogP contribution in [0.3, 0.4) is 0 Å². The Kier molecular flexibility index (Phi) is 6.72. The van der Waals surface area contributed by atoms with Crippen LogP contribution in [0.25, 0.3) is 0 Å². The van der Waals surface area contributed by atoms with E-state index in [9.17, 15) is 4.79 Å². The molecule has 1 unspecified atom stereocenters. The van der Waals surface area contributed by atoms with Crippen molar-refractivity contribution in [1.29, 1.82) is 5.26 Å². The lowest BCUT2D eigenvalue weighted by Crippen LogP contribution is -2.41. The zero-order chi connectivity index (χ0) is 15.8. The van der Waals surface area contributed by atoms with Gasteiger partial charge in [-0.1, -0.05) is 19.1 Å². The summed E-state index contributed by atoms with van der Waals surface area (Å²) in [6.07, 6.45) is 0.487. The Morgan fingerprint density at radius 3 is 2.91 bits per heavy atom. The summed E-state index contributed by atoms with van der Waals surface area (Å²) >= 11 is 1.61. The van der Waals surface area contributed by atoms with E-state index in [1.807, 2.05) is 31.2 Å². The van der Waals surface area contributed by atoms with Gasteiger partial charge < -0.3 is 10.1 Å². The number of anilines is 1. The Bertz CT molecular complexity index is 538. The van der Waals surface area contributed by atoms with Gasteiger partial charge in [0.2, 0.25) is 5.91 Å². The number of rotatable bonds is 6. The van der Waals surface area contributed by atoms with E-state index in [1.54, 1.807) is 11.8 Å². The average Bonchev–Trinajstić information content (AvgIpc) is 2.50. The van der Waals surface area contributed by atoms with Crippen LogP contribution >= 0.6 is 11.8 Å². The molecule has 0 radical (unpaired) electrons. The van der Waals surface area contributed by atoms with Crippen molar-refractivity contribution in [1.82, 2.24) is 4.90 Å². The normalized spacial score (nSPS) is 16.7. The fraction of sp³-hybridized carbons (Fsp3) is 0.500. The minimum atomic E-state index is -0.0112. The van der Waals surface area contributed by atoms with Crippen molar-refractivity contribution in [2.75, 3.05) is 38.2 Å². The van der Waals surface area contributed by atoms with Crippen LogP contribution in [0.1, 0.15) is 13.3 Å². The monoisotopic (exact) mass is 319 g/mol. The van der Waals surface area contributed by atoms with E-state index >= 15 is 0 Å². The van der Waals surface area contributed by atoms with Gasteiger partial charge in [0.05, 0.1) is 31.5 Å². The molecule has 1 aromatic carbocycles. The number of hydrogen-bond acceptors (Lipinski definition) is 5. The summed E-state index contributed by atoms with van der Waals surface area (Å²) in [7, 11) is 0. The summed E-state index contributed by atoms with van der Waals surface area (Å²) < 4.78 is 5.28. The predicted molar refractivity (Wildman–Crippen MR) is 87.9 cm³/mol. The van der Waals surface area contributed by atoms with Crippen LogP contribution in [0.2, 0.25) is 0 Å². The molecule has 0 aliphatic carbocycles. The lowest BCUT2D eigenvalue weighted by Gasteiger charge is -2.26. The van der Waals surface area contributed by atoms with E-state index in [-0.39, 0.29) is 11.2 Å². The molecule has 0 bridgehead atoms. The van der Waals surface area contributed by atoms with Gasteiger partial charge in [0, 0.05) is 29.7 Å². The number of thioether (sulfide) groups is 1. The predicted octanol–water partition coefficient (Wildman–Crippen LogP) is 2.35. The highest BCUT2D eigenvalue weighted by Crippen LogP contribution is 2.31. The molecule has 1 fully saturated rings. The first kappa shape index (κ1) is 16.8. The molecule has 1 atom stereocenters. The van der Waals surface area contributed by atoms with Gasteiger partial charge in [0.1, 0.15) is 0 Å². The van der Waals surface area contributed by atoms with Crippen molar-refractivity contribution >= 4 is 23.4 Å². The van der Waals surface area contributed by atoms with Crippen molar-refractivity contribution in [3.8, 4) is 6.07 Å². The average molecular weight is 319 g/mol. The van der Waals surface area contributed by atoms with E-state index in [1.165, 1.54) is 0 Å². The Balaban J connectivity index is 1.93. The molecule has 1 saturated heterocycles. The first-order valence-electron chi connectivity index (χ1n) is 7.41. The van der Waals surface area contributed by atoms with E-state index < -0.39 is 0 Å². The Hall–Kier alpha value is -1.55.